The van der Waals surface area contributed by atoms with Crippen LogP contribution in [0.5, 0.6) is 0 Å². The summed E-state index contributed by atoms with van der Waals surface area (Å²) in [6.07, 6.45) is 3.42. The van der Waals surface area contributed by atoms with E-state index in [1.807, 2.05) is 0 Å². The second-order valence-electron chi connectivity index (χ2n) is 7.62. The third-order valence-electron chi connectivity index (χ3n) is 6.18. The maximum atomic E-state index is 10.1. The van der Waals surface area contributed by atoms with Gasteiger partial charge in [-0.2, -0.15) is 0 Å². The van der Waals surface area contributed by atoms with Crippen molar-refractivity contribution >= 4 is 16.6 Å². The zero-order valence-corrected chi connectivity index (χ0v) is 14.7. The monoisotopic (exact) mass is 325 g/mol. The lowest BCUT2D eigenvalue weighted by Gasteiger charge is -2.54. The summed E-state index contributed by atoms with van der Waals surface area (Å²) in [5.41, 5.74) is 3.52. The molecule has 4 nitrogen and oxygen atoms in total. The second kappa shape index (κ2) is 6.01. The van der Waals surface area contributed by atoms with E-state index in [0.717, 1.165) is 43.7 Å². The number of aryl methyl sites for hydroxylation is 1. The minimum Gasteiger partial charge on any atom is -0.396 e. The molecule has 1 aromatic heterocycles. The van der Waals surface area contributed by atoms with E-state index in [-0.39, 0.29) is 5.41 Å². The van der Waals surface area contributed by atoms with Crippen LogP contribution in [0.25, 0.3) is 10.9 Å². The van der Waals surface area contributed by atoms with E-state index in [0.29, 0.717) is 12.6 Å². The van der Waals surface area contributed by atoms with Gasteiger partial charge in [0.05, 0.1) is 12.1 Å². The first-order chi connectivity index (χ1) is 11.6. The van der Waals surface area contributed by atoms with Gasteiger partial charge in [-0.05, 0) is 51.9 Å². The maximum Gasteiger partial charge on any atom is 0.0726 e. The van der Waals surface area contributed by atoms with Gasteiger partial charge in [-0.1, -0.05) is 18.2 Å². The predicted octanol–water partition coefficient (Wildman–Crippen LogP) is 2.83. The highest BCUT2D eigenvalue weighted by atomic mass is 16.3. The number of fused-ring (bicyclic) bond motifs is 2. The number of benzene rings is 1. The summed E-state index contributed by atoms with van der Waals surface area (Å²) in [5.74, 6) is 0. The van der Waals surface area contributed by atoms with Gasteiger partial charge in [0.15, 0.2) is 0 Å². The zero-order valence-electron chi connectivity index (χ0n) is 14.7. The number of nitrogens with zero attached hydrogens (tertiary/aromatic N) is 3. The Balaban J connectivity index is 1.72. The normalized spacial score (nSPS) is 28.1. The van der Waals surface area contributed by atoms with Crippen LogP contribution in [0.1, 0.15) is 25.0 Å². The number of anilines is 1. The van der Waals surface area contributed by atoms with Crippen LogP contribution in [0.3, 0.4) is 0 Å². The summed E-state index contributed by atoms with van der Waals surface area (Å²) in [6, 6.07) is 11.1. The lowest BCUT2D eigenvalue weighted by atomic mass is 9.69. The number of piperidine rings is 2. The summed E-state index contributed by atoms with van der Waals surface area (Å²) < 4.78 is 0. The number of likely N-dealkylation sites (N-methyl/N-ethyl adjacent to an activating group) is 1. The molecule has 0 bridgehead atoms. The fraction of sp³-hybridized carbons (Fsp3) is 0.550. The number of aliphatic hydroxyl groups is 1. The molecule has 2 fully saturated rings. The molecule has 0 amide bonds. The summed E-state index contributed by atoms with van der Waals surface area (Å²) in [4.78, 5) is 9.65. The molecule has 4 rings (SSSR count). The Morgan fingerprint density at radius 3 is 2.92 bits per heavy atom. The molecule has 0 radical (unpaired) electrons. The molecule has 0 unspecified atom stereocenters. The first-order valence-electron chi connectivity index (χ1n) is 9.05. The summed E-state index contributed by atoms with van der Waals surface area (Å²) in [6.45, 7) is 5.52. The van der Waals surface area contributed by atoms with E-state index >= 15 is 0 Å². The van der Waals surface area contributed by atoms with Gasteiger partial charge in [0.2, 0.25) is 0 Å². The van der Waals surface area contributed by atoms with E-state index in [1.54, 1.807) is 0 Å². The van der Waals surface area contributed by atoms with Crippen LogP contribution in [0, 0.1) is 12.3 Å². The SMILES string of the molecule is Cc1cc(N2CC[C@@]3(CO)CCCN(C)[C@@H]3C2)c2ccccc2n1. The van der Waals surface area contributed by atoms with Crippen molar-refractivity contribution in [3.8, 4) is 0 Å². The molecule has 1 aromatic carbocycles. The second-order valence-corrected chi connectivity index (χ2v) is 7.62. The van der Waals surface area contributed by atoms with Crippen LogP contribution in [-0.4, -0.2) is 54.3 Å². The highest BCUT2D eigenvalue weighted by Gasteiger charge is 2.46. The summed E-state index contributed by atoms with van der Waals surface area (Å²) in [5, 5.41) is 11.3. The lowest BCUT2D eigenvalue weighted by molar-refractivity contribution is -0.0275. The molecule has 24 heavy (non-hydrogen) atoms. The number of pyridine rings is 1. The van der Waals surface area contributed by atoms with Crippen molar-refractivity contribution in [2.45, 2.75) is 32.2 Å². The van der Waals surface area contributed by atoms with E-state index in [9.17, 15) is 5.11 Å². The van der Waals surface area contributed by atoms with E-state index in [1.165, 1.54) is 17.5 Å². The number of rotatable bonds is 2. The Labute approximate surface area is 144 Å². The van der Waals surface area contributed by atoms with E-state index < -0.39 is 0 Å². The van der Waals surface area contributed by atoms with Gasteiger partial charge in [-0.25, -0.2) is 0 Å². The number of hydrogen-bond donors (Lipinski definition) is 1. The van der Waals surface area contributed by atoms with Crippen LogP contribution >= 0.6 is 0 Å². The summed E-state index contributed by atoms with van der Waals surface area (Å²) in [7, 11) is 2.22. The van der Waals surface area contributed by atoms with Crippen molar-refractivity contribution in [1.82, 2.24) is 9.88 Å². The molecule has 4 heteroatoms. The minimum atomic E-state index is 0.0847. The maximum absolute atomic E-state index is 10.1. The van der Waals surface area contributed by atoms with Gasteiger partial charge in [-0.15, -0.1) is 0 Å². The molecular formula is C20H27N3O. The molecule has 3 heterocycles. The van der Waals surface area contributed by atoms with Gasteiger partial charge < -0.3 is 14.9 Å². The molecule has 2 aliphatic heterocycles. The van der Waals surface area contributed by atoms with Gasteiger partial charge in [-0.3, -0.25) is 4.98 Å². The first kappa shape index (κ1) is 15.9. The van der Waals surface area contributed by atoms with Crippen LogP contribution in [0.15, 0.2) is 30.3 Å². The van der Waals surface area contributed by atoms with Crippen molar-refractivity contribution in [3.63, 3.8) is 0 Å². The molecule has 2 saturated heterocycles. The quantitative estimate of drug-likeness (QED) is 0.922. The van der Waals surface area contributed by atoms with Crippen LogP contribution in [0.2, 0.25) is 0 Å². The Kier molecular flexibility index (Phi) is 3.97. The lowest BCUT2D eigenvalue weighted by Crippen LogP contribution is -2.61. The van der Waals surface area contributed by atoms with Gasteiger partial charge in [0.1, 0.15) is 0 Å². The van der Waals surface area contributed by atoms with Crippen molar-refractivity contribution in [3.05, 3.63) is 36.0 Å². The molecule has 128 valence electrons. The molecule has 2 aliphatic rings. The molecule has 1 N–H and O–H groups in total. The number of aromatic nitrogens is 1. The van der Waals surface area contributed by atoms with Crippen molar-refractivity contribution in [2.24, 2.45) is 5.41 Å². The third-order valence-corrected chi connectivity index (χ3v) is 6.18. The molecule has 2 atom stereocenters. The van der Waals surface area contributed by atoms with Crippen LogP contribution in [0.4, 0.5) is 5.69 Å². The van der Waals surface area contributed by atoms with Gasteiger partial charge >= 0.3 is 0 Å². The van der Waals surface area contributed by atoms with Crippen molar-refractivity contribution < 1.29 is 5.11 Å². The van der Waals surface area contributed by atoms with Crippen molar-refractivity contribution in [1.29, 1.82) is 0 Å². The average Bonchev–Trinajstić information content (AvgIpc) is 2.61. The molecule has 0 aliphatic carbocycles. The molecular weight excluding hydrogens is 298 g/mol. The topological polar surface area (TPSA) is 39.6 Å². The van der Waals surface area contributed by atoms with Crippen LogP contribution < -0.4 is 4.90 Å². The number of hydrogen-bond acceptors (Lipinski definition) is 4. The number of likely N-dealkylation sites (tertiary alicyclic amines) is 1. The van der Waals surface area contributed by atoms with Gasteiger partial charge in [0, 0.05) is 41.3 Å². The Morgan fingerprint density at radius 1 is 1.25 bits per heavy atom. The van der Waals surface area contributed by atoms with Gasteiger partial charge in [0.25, 0.3) is 0 Å². The Morgan fingerprint density at radius 2 is 2.08 bits per heavy atom. The largest absolute Gasteiger partial charge is 0.396 e. The predicted molar refractivity (Wildman–Crippen MR) is 98.5 cm³/mol. The Bertz CT molecular complexity index is 747. The molecule has 0 spiro atoms. The van der Waals surface area contributed by atoms with Crippen molar-refractivity contribution in [2.75, 3.05) is 38.2 Å². The Hall–Kier alpha value is -1.65. The number of aliphatic hydroxyl groups excluding tert-OH is 1. The van der Waals surface area contributed by atoms with E-state index in [4.69, 9.17) is 0 Å². The zero-order chi connectivity index (χ0) is 16.7. The standard InChI is InChI=1S/C20H27N3O/c1-15-12-18(16-6-3-4-7-17(16)21-15)23-11-9-20(14-24)8-5-10-22(2)19(20)13-23/h3-4,6-7,12,19,24H,5,8-11,13-14H2,1-2H3/t19-,20-/m1/s1. The smallest absolute Gasteiger partial charge is 0.0726 e. The molecule has 2 aromatic rings. The fourth-order valence-electron chi connectivity index (χ4n) is 4.78. The number of para-hydroxylation sites is 1. The first-order valence-corrected chi connectivity index (χ1v) is 9.05. The summed E-state index contributed by atoms with van der Waals surface area (Å²) >= 11 is 0. The fourth-order valence-corrected chi connectivity index (χ4v) is 4.78. The molecule has 0 saturated carbocycles. The highest BCUT2D eigenvalue weighted by molar-refractivity contribution is 5.92. The average molecular weight is 325 g/mol. The third kappa shape index (κ3) is 2.49. The van der Waals surface area contributed by atoms with Crippen LogP contribution in [-0.2, 0) is 0 Å². The minimum absolute atomic E-state index is 0.0847. The van der Waals surface area contributed by atoms with E-state index in [2.05, 4.69) is 59.1 Å². The highest BCUT2D eigenvalue weighted by Crippen LogP contribution is 2.43.